The Balaban J connectivity index is 1.47. The number of nitrogens with zero attached hydrogens (tertiary/aromatic N) is 2. The van der Waals surface area contributed by atoms with Gasteiger partial charge in [0, 0.05) is 18.7 Å². The van der Waals surface area contributed by atoms with Gasteiger partial charge >= 0.3 is 0 Å². The lowest BCUT2D eigenvalue weighted by Crippen LogP contribution is -2.48. The van der Waals surface area contributed by atoms with E-state index in [0.29, 0.717) is 23.7 Å². The summed E-state index contributed by atoms with van der Waals surface area (Å²) in [5.41, 5.74) is 2.45. The number of nitrogens with one attached hydrogen (secondary N) is 2. The molecule has 1 atom stereocenters. The first-order chi connectivity index (χ1) is 18.3. The van der Waals surface area contributed by atoms with Gasteiger partial charge in [-0.15, -0.1) is 0 Å². The molecule has 10 nitrogen and oxygen atoms in total. The van der Waals surface area contributed by atoms with E-state index in [1.54, 1.807) is 24.3 Å². The van der Waals surface area contributed by atoms with Gasteiger partial charge in [0.05, 0.1) is 21.2 Å². The van der Waals surface area contributed by atoms with Crippen molar-refractivity contribution in [3.8, 4) is 11.4 Å². The van der Waals surface area contributed by atoms with Crippen LogP contribution in [0, 0.1) is 0 Å². The number of ether oxygens (including phenoxy) is 1. The van der Waals surface area contributed by atoms with Crippen LogP contribution in [0.5, 0.6) is 5.75 Å². The van der Waals surface area contributed by atoms with Crippen molar-refractivity contribution in [1.82, 2.24) is 19.6 Å². The Hall–Kier alpha value is -3.90. The number of fused-ring (bicyclic) bond motifs is 1. The summed E-state index contributed by atoms with van der Waals surface area (Å²) in [7, 11) is -4.26. The largest absolute Gasteiger partial charge is 0.489 e. The van der Waals surface area contributed by atoms with Crippen molar-refractivity contribution < 1.29 is 23.2 Å². The van der Waals surface area contributed by atoms with Crippen LogP contribution in [0.25, 0.3) is 5.69 Å². The van der Waals surface area contributed by atoms with Crippen LogP contribution < -0.4 is 15.8 Å². The number of carbonyl (C=O) groups is 1. The summed E-state index contributed by atoms with van der Waals surface area (Å²) >= 11 is 6.26. The normalized spacial score (nSPS) is 15.6. The highest BCUT2D eigenvalue weighted by molar-refractivity contribution is 7.89. The number of H-pyrrole nitrogens is 1. The highest BCUT2D eigenvalue weighted by Crippen LogP contribution is 2.33. The lowest BCUT2D eigenvalue weighted by atomic mass is 10.0. The molecule has 1 amide bonds. The number of sulfonamides is 1. The number of para-hydroxylation sites is 1. The minimum atomic E-state index is -4.26. The molecule has 1 aromatic heterocycles. The molecule has 3 N–H and O–H groups in total. The quantitative estimate of drug-likeness (QED) is 0.237. The van der Waals surface area contributed by atoms with Gasteiger partial charge < -0.3 is 4.74 Å². The lowest BCUT2D eigenvalue weighted by molar-refractivity contribution is -0.133. The van der Waals surface area contributed by atoms with E-state index < -0.39 is 27.5 Å². The zero-order chi connectivity index (χ0) is 26.9. The first kappa shape index (κ1) is 25.7. The predicted octanol–water partition coefficient (Wildman–Crippen LogP) is 3.19. The van der Waals surface area contributed by atoms with E-state index in [4.69, 9.17) is 16.3 Å². The minimum Gasteiger partial charge on any atom is -0.489 e. The molecule has 4 aromatic rings. The van der Waals surface area contributed by atoms with E-state index in [1.165, 1.54) is 34.4 Å². The maximum Gasteiger partial charge on any atom is 0.276 e. The molecule has 0 aliphatic carbocycles. The number of halogens is 1. The highest BCUT2D eigenvalue weighted by atomic mass is 35.5. The Kier molecular flexibility index (Phi) is 7.09. The second-order valence-electron chi connectivity index (χ2n) is 8.59. The highest BCUT2D eigenvalue weighted by Gasteiger charge is 2.44. The molecule has 1 aliphatic rings. The smallest absolute Gasteiger partial charge is 0.276 e. The van der Waals surface area contributed by atoms with Crippen LogP contribution in [0.15, 0.2) is 88.6 Å². The van der Waals surface area contributed by atoms with Crippen LogP contribution in [0.4, 0.5) is 0 Å². The topological polar surface area (TPSA) is 134 Å². The number of rotatable bonds is 7. The first-order valence-corrected chi connectivity index (χ1v) is 13.4. The van der Waals surface area contributed by atoms with Crippen LogP contribution in [-0.4, -0.2) is 40.2 Å². The summed E-state index contributed by atoms with van der Waals surface area (Å²) in [6.07, 6.45) is 0.134. The summed E-state index contributed by atoms with van der Waals surface area (Å²) in [6.45, 7) is 0.202. The maximum absolute atomic E-state index is 13.6. The maximum atomic E-state index is 13.6. The van der Waals surface area contributed by atoms with E-state index in [9.17, 15) is 23.2 Å². The number of hydrogen-bond acceptors (Lipinski definition) is 6. The fourth-order valence-corrected chi connectivity index (χ4v) is 6.21. The molecule has 196 valence electrons. The van der Waals surface area contributed by atoms with Crippen LogP contribution in [0.3, 0.4) is 0 Å². The number of hydrogen-bond donors (Lipinski definition) is 3. The predicted molar refractivity (Wildman–Crippen MR) is 139 cm³/mol. The summed E-state index contributed by atoms with van der Waals surface area (Å²) in [4.78, 5) is 26.1. The number of aromatic amines is 1. The Labute approximate surface area is 223 Å². The van der Waals surface area contributed by atoms with Crippen molar-refractivity contribution in [2.45, 2.75) is 24.0 Å². The molecule has 0 bridgehead atoms. The second-order valence-corrected chi connectivity index (χ2v) is 10.9. The van der Waals surface area contributed by atoms with E-state index in [1.807, 2.05) is 30.3 Å². The summed E-state index contributed by atoms with van der Waals surface area (Å²) in [5.74, 6) is -0.591. The molecule has 0 radical (unpaired) electrons. The van der Waals surface area contributed by atoms with Gasteiger partial charge in [0.1, 0.15) is 18.4 Å². The van der Waals surface area contributed by atoms with Gasteiger partial charge in [0.25, 0.3) is 11.5 Å². The van der Waals surface area contributed by atoms with Crippen molar-refractivity contribution in [3.63, 3.8) is 0 Å². The molecule has 1 unspecified atom stereocenters. The van der Waals surface area contributed by atoms with Gasteiger partial charge in [0.15, 0.2) is 0 Å². The number of benzene rings is 3. The lowest BCUT2D eigenvalue weighted by Gasteiger charge is -2.32. The van der Waals surface area contributed by atoms with Crippen LogP contribution in [0.1, 0.15) is 22.9 Å². The van der Waals surface area contributed by atoms with E-state index in [0.717, 1.165) is 9.87 Å². The van der Waals surface area contributed by atoms with E-state index in [2.05, 4.69) is 5.10 Å². The van der Waals surface area contributed by atoms with E-state index >= 15 is 0 Å². The average molecular weight is 555 g/mol. The fraction of sp³-hybridized carbons (Fsp3) is 0.154. The van der Waals surface area contributed by atoms with Gasteiger partial charge in [-0.25, -0.2) is 18.6 Å². The SMILES string of the molecule is O=C(NO)C1c2c([nH]n(-c3ccccc3Cl)c2=O)CCN1S(=O)(=O)c1ccc(OCc2ccccc2)cc1. The zero-order valence-corrected chi connectivity index (χ0v) is 21.4. The number of amides is 1. The standard InChI is InChI=1S/C26H23ClN4O6S/c27-20-8-4-5-9-22(20)31-26(33)23-21(28-31)14-15-30(24(23)25(32)29-34)38(35,36)19-12-10-18(11-13-19)37-16-17-6-2-1-3-7-17/h1-13,24,28,34H,14-16H2,(H,29,32). The molecule has 38 heavy (non-hydrogen) atoms. The third-order valence-electron chi connectivity index (χ3n) is 6.28. The molecule has 12 heteroatoms. The van der Waals surface area contributed by atoms with E-state index in [-0.39, 0.29) is 28.4 Å². The zero-order valence-electron chi connectivity index (χ0n) is 19.9. The Morgan fingerprint density at radius 2 is 1.74 bits per heavy atom. The summed E-state index contributed by atoms with van der Waals surface area (Å²) in [5, 5.41) is 12.7. The minimum absolute atomic E-state index is 0.0888. The molecule has 2 heterocycles. The number of carbonyl (C=O) groups excluding carboxylic acids is 1. The van der Waals surface area contributed by atoms with Crippen molar-refractivity contribution in [2.75, 3.05) is 6.54 Å². The van der Waals surface area contributed by atoms with Crippen molar-refractivity contribution in [3.05, 3.63) is 111 Å². The summed E-state index contributed by atoms with van der Waals surface area (Å²) in [6, 6.07) is 20.3. The Bertz CT molecular complexity index is 1630. The van der Waals surface area contributed by atoms with Crippen molar-refractivity contribution in [1.29, 1.82) is 0 Å². The van der Waals surface area contributed by atoms with Gasteiger partial charge in [-0.2, -0.15) is 4.31 Å². The molecule has 5 rings (SSSR count). The molecular weight excluding hydrogens is 532 g/mol. The molecule has 0 saturated carbocycles. The molecule has 0 fully saturated rings. The van der Waals surface area contributed by atoms with Crippen molar-refractivity contribution in [2.24, 2.45) is 0 Å². The molecule has 0 saturated heterocycles. The monoisotopic (exact) mass is 554 g/mol. The third-order valence-corrected chi connectivity index (χ3v) is 8.48. The molecule has 0 spiro atoms. The third kappa shape index (κ3) is 4.72. The van der Waals surface area contributed by atoms with Crippen LogP contribution in [0.2, 0.25) is 5.02 Å². The Morgan fingerprint density at radius 1 is 1.05 bits per heavy atom. The van der Waals surface area contributed by atoms with Gasteiger partial charge in [-0.3, -0.25) is 19.9 Å². The number of hydroxylamine groups is 1. The van der Waals surface area contributed by atoms with Crippen molar-refractivity contribution >= 4 is 27.5 Å². The van der Waals surface area contributed by atoms with Gasteiger partial charge in [0.2, 0.25) is 10.0 Å². The van der Waals surface area contributed by atoms with Crippen LogP contribution >= 0.6 is 11.6 Å². The fourth-order valence-electron chi connectivity index (χ4n) is 4.43. The molecule has 3 aromatic carbocycles. The molecule has 1 aliphatic heterocycles. The Morgan fingerprint density at radius 3 is 2.42 bits per heavy atom. The summed E-state index contributed by atoms with van der Waals surface area (Å²) < 4.78 is 35.1. The van der Waals surface area contributed by atoms with Gasteiger partial charge in [-0.05, 0) is 42.0 Å². The van der Waals surface area contributed by atoms with Crippen LogP contribution in [-0.2, 0) is 27.8 Å². The molecular formula is C26H23ClN4O6S. The number of aromatic nitrogens is 2. The first-order valence-electron chi connectivity index (χ1n) is 11.6. The van der Waals surface area contributed by atoms with Gasteiger partial charge in [-0.1, -0.05) is 54.1 Å². The average Bonchev–Trinajstić information content (AvgIpc) is 3.28. The second kappa shape index (κ2) is 10.5.